The molecule has 2 heterocycles. The summed E-state index contributed by atoms with van der Waals surface area (Å²) < 4.78 is 13.1. The SMILES string of the molecule is C/C=C\C.C=CC.C=CSC.CC.CN(CC1=CCCC=C1)C1=N/C(=C(/N)S(=O)c2cccc(Cl)c2)N(N)c2sccc21. The summed E-state index contributed by atoms with van der Waals surface area (Å²) in [6, 6.07) is 8.79. The molecule has 1 aliphatic carbocycles. The summed E-state index contributed by atoms with van der Waals surface area (Å²) in [7, 11) is 0.336. The lowest BCUT2D eigenvalue weighted by Crippen LogP contribution is -2.40. The van der Waals surface area contributed by atoms with Crippen molar-refractivity contribution in [2.75, 3.05) is 24.9 Å². The highest BCUT2D eigenvalue weighted by molar-refractivity contribution is 8.01. The molecule has 43 heavy (non-hydrogen) atoms. The van der Waals surface area contributed by atoms with Crippen molar-refractivity contribution >= 4 is 56.3 Å². The molecule has 0 bridgehead atoms. The van der Waals surface area contributed by atoms with Crippen LogP contribution in [-0.2, 0) is 10.8 Å². The first kappa shape index (κ1) is 40.2. The monoisotopic (exact) mass is 661 g/mol. The van der Waals surface area contributed by atoms with Gasteiger partial charge in [-0.05, 0) is 80.5 Å². The number of benzene rings is 1. The lowest BCUT2D eigenvalue weighted by Gasteiger charge is -2.30. The summed E-state index contributed by atoms with van der Waals surface area (Å²) in [5, 5.41) is 6.54. The van der Waals surface area contributed by atoms with E-state index in [4.69, 9.17) is 28.2 Å². The quantitative estimate of drug-likeness (QED) is 0.245. The highest BCUT2D eigenvalue weighted by Crippen LogP contribution is 2.35. The van der Waals surface area contributed by atoms with Crippen molar-refractivity contribution in [3.05, 3.63) is 118 Å². The van der Waals surface area contributed by atoms with Crippen molar-refractivity contribution in [2.45, 2.75) is 52.4 Å². The number of hydrogen-bond donors (Lipinski definition) is 2. The van der Waals surface area contributed by atoms with Gasteiger partial charge in [-0.15, -0.1) is 29.7 Å². The van der Waals surface area contributed by atoms with Gasteiger partial charge in [-0.3, -0.25) is 0 Å². The molecule has 1 aliphatic heterocycles. The van der Waals surface area contributed by atoms with Gasteiger partial charge in [0.25, 0.3) is 0 Å². The van der Waals surface area contributed by atoms with Gasteiger partial charge in [-0.2, -0.15) is 0 Å². The molecule has 1 aromatic heterocycles. The molecule has 10 heteroatoms. The number of hydrogen-bond acceptors (Lipinski definition) is 8. The second-order valence-corrected chi connectivity index (χ2v) is 12.0. The molecule has 2 aliphatic rings. The molecule has 0 saturated carbocycles. The van der Waals surface area contributed by atoms with Gasteiger partial charge in [0.15, 0.2) is 5.82 Å². The van der Waals surface area contributed by atoms with E-state index in [0.29, 0.717) is 16.5 Å². The lowest BCUT2D eigenvalue weighted by atomic mass is 10.1. The second-order valence-electron chi connectivity index (χ2n) is 8.45. The molecule has 0 fully saturated rings. The Kier molecular flexibility index (Phi) is 22.1. The van der Waals surface area contributed by atoms with Crippen LogP contribution in [0.2, 0.25) is 5.02 Å². The van der Waals surface area contributed by atoms with Gasteiger partial charge in [-0.1, -0.05) is 74.5 Å². The molecular formula is C33H48ClN5OS3. The Bertz CT molecular complexity index is 1310. The van der Waals surface area contributed by atoms with Gasteiger partial charge in [0.1, 0.15) is 26.7 Å². The smallest absolute Gasteiger partial charge is 0.183 e. The highest BCUT2D eigenvalue weighted by atomic mass is 35.5. The number of amidine groups is 1. The normalized spacial score (nSPS) is 14.8. The van der Waals surface area contributed by atoms with Crippen LogP contribution in [0.25, 0.3) is 0 Å². The summed E-state index contributed by atoms with van der Waals surface area (Å²) >= 11 is 9.16. The van der Waals surface area contributed by atoms with Gasteiger partial charge in [-0.25, -0.2) is 20.1 Å². The Morgan fingerprint density at radius 2 is 1.84 bits per heavy atom. The molecule has 4 N–H and O–H groups in total. The minimum absolute atomic E-state index is 0.0847. The molecule has 1 aromatic carbocycles. The van der Waals surface area contributed by atoms with Crippen LogP contribution in [0, 0.1) is 0 Å². The molecule has 0 amide bonds. The number of likely N-dealkylation sites (N-methyl/N-ethyl adjacent to an activating group) is 1. The molecule has 236 valence electrons. The van der Waals surface area contributed by atoms with Crippen molar-refractivity contribution in [1.82, 2.24) is 4.90 Å². The number of thiophene rings is 1. The first-order valence-electron chi connectivity index (χ1n) is 13.9. The molecule has 0 saturated heterocycles. The van der Waals surface area contributed by atoms with Crippen molar-refractivity contribution < 1.29 is 4.21 Å². The predicted molar refractivity (Wildman–Crippen MR) is 197 cm³/mol. The molecule has 1 unspecified atom stereocenters. The Balaban J connectivity index is 0.00000116. The fraction of sp³-hybridized carbons (Fsp3) is 0.303. The van der Waals surface area contributed by atoms with Gasteiger partial charge >= 0.3 is 0 Å². The van der Waals surface area contributed by atoms with E-state index in [0.717, 1.165) is 29.2 Å². The van der Waals surface area contributed by atoms with Crippen LogP contribution in [0.15, 0.2) is 117 Å². The molecule has 4 rings (SSSR count). The Labute approximate surface area is 275 Å². The van der Waals surface area contributed by atoms with E-state index in [9.17, 15) is 4.21 Å². The standard InChI is InChI=1S/C21H22ClN5OS2.C4H8.C3H6S.C3H6.C2H6/c1-26(13-14-6-3-2-4-7-14)19-17-10-11-29-21(17)27(24)20(25-19)18(23)30(28)16-9-5-8-15(22)12-16;2*1-3-4-2;1-3-2;1-2/h3,5-12H,2,4,13,23-24H2,1H3;3-4H,1-2H3;3H,1H2,2H3;3H,1H2,2H3;1-2H3/b20-18+;4-3-;;;. The predicted octanol–water partition coefficient (Wildman–Crippen LogP) is 9.24. The number of allylic oxidation sites excluding steroid dienone is 5. The van der Waals surface area contributed by atoms with Crippen LogP contribution < -0.4 is 16.6 Å². The summed E-state index contributed by atoms with van der Waals surface area (Å²) in [6.07, 6.45) is 16.4. The molecule has 0 radical (unpaired) electrons. The Morgan fingerprint density at radius 1 is 1.21 bits per heavy atom. The molecular weight excluding hydrogens is 614 g/mol. The number of hydrazine groups is 1. The fourth-order valence-corrected chi connectivity index (χ4v) is 5.43. The van der Waals surface area contributed by atoms with Crippen molar-refractivity contribution in [3.63, 3.8) is 0 Å². The first-order valence-corrected chi connectivity index (χ1v) is 17.6. The van der Waals surface area contributed by atoms with Gasteiger partial charge < -0.3 is 10.6 Å². The van der Waals surface area contributed by atoms with Crippen LogP contribution in [0.5, 0.6) is 0 Å². The van der Waals surface area contributed by atoms with Crippen LogP contribution in [0.4, 0.5) is 5.00 Å². The third kappa shape index (κ3) is 13.6. The van der Waals surface area contributed by atoms with Gasteiger partial charge in [0.05, 0.1) is 5.56 Å². The number of anilines is 1. The Morgan fingerprint density at radius 3 is 2.35 bits per heavy atom. The van der Waals surface area contributed by atoms with Gasteiger partial charge in [0.2, 0.25) is 0 Å². The van der Waals surface area contributed by atoms with Crippen LogP contribution in [0.1, 0.15) is 53.0 Å². The number of fused-ring (bicyclic) bond motifs is 1. The summed E-state index contributed by atoms with van der Waals surface area (Å²) in [5.74, 6) is 7.35. The maximum absolute atomic E-state index is 13.1. The fourth-order valence-electron chi connectivity index (χ4n) is 3.36. The van der Waals surface area contributed by atoms with E-state index >= 15 is 0 Å². The zero-order chi connectivity index (χ0) is 32.8. The summed E-state index contributed by atoms with van der Waals surface area (Å²) in [6.45, 7) is 17.4. The van der Waals surface area contributed by atoms with E-state index in [1.165, 1.54) is 21.9 Å². The second kappa shape index (κ2) is 23.6. The molecule has 0 spiro atoms. The van der Waals surface area contributed by atoms with E-state index in [1.807, 2.05) is 71.5 Å². The third-order valence-electron chi connectivity index (χ3n) is 5.33. The van der Waals surface area contributed by atoms with Crippen LogP contribution >= 0.6 is 34.7 Å². The highest BCUT2D eigenvalue weighted by Gasteiger charge is 2.29. The summed E-state index contributed by atoms with van der Waals surface area (Å²) in [4.78, 5) is 7.30. The zero-order valence-electron chi connectivity index (χ0n) is 26.5. The third-order valence-corrected chi connectivity index (χ3v) is 8.07. The molecule has 2 aromatic rings. The van der Waals surface area contributed by atoms with E-state index < -0.39 is 10.8 Å². The average molecular weight is 662 g/mol. The zero-order valence-corrected chi connectivity index (χ0v) is 29.8. The maximum Gasteiger partial charge on any atom is 0.183 e. The van der Waals surface area contributed by atoms with Crippen molar-refractivity contribution in [3.8, 4) is 0 Å². The van der Waals surface area contributed by atoms with E-state index in [-0.39, 0.29) is 10.9 Å². The van der Waals surface area contributed by atoms with E-state index in [1.54, 1.807) is 47.5 Å². The minimum Gasteiger partial charge on any atom is -0.388 e. The number of rotatable bonds is 5. The lowest BCUT2D eigenvalue weighted by molar-refractivity contribution is 0.550. The van der Waals surface area contributed by atoms with Crippen molar-refractivity contribution in [2.24, 2.45) is 16.6 Å². The van der Waals surface area contributed by atoms with Crippen molar-refractivity contribution in [1.29, 1.82) is 0 Å². The number of nitrogens with two attached hydrogens (primary N) is 2. The van der Waals surface area contributed by atoms with E-state index in [2.05, 4.69) is 36.3 Å². The van der Waals surface area contributed by atoms with Crippen LogP contribution in [0.3, 0.4) is 0 Å². The Hall–Kier alpha value is -2.82. The largest absolute Gasteiger partial charge is 0.388 e. The number of halogens is 1. The first-order chi connectivity index (χ1) is 20.7. The topological polar surface area (TPSA) is 88.0 Å². The molecule has 6 nitrogen and oxygen atoms in total. The average Bonchev–Trinajstić information content (AvgIpc) is 3.53. The summed E-state index contributed by atoms with van der Waals surface area (Å²) in [5.41, 5.74) is 8.47. The molecule has 1 atom stereocenters. The maximum atomic E-state index is 13.1. The number of aliphatic imine (C=N–C) groups is 1. The minimum atomic E-state index is -1.65. The van der Waals surface area contributed by atoms with Gasteiger partial charge in [0, 0.05) is 23.5 Å². The number of nitrogens with zero attached hydrogens (tertiary/aromatic N) is 3. The van der Waals surface area contributed by atoms with Crippen LogP contribution in [-0.4, -0.2) is 34.8 Å². The number of thioether (sulfide) groups is 1.